The van der Waals surface area contributed by atoms with E-state index >= 15 is 0 Å². The lowest BCUT2D eigenvalue weighted by Gasteiger charge is -2.13. The molecule has 1 aromatic rings. The third-order valence-electron chi connectivity index (χ3n) is 2.63. The van der Waals surface area contributed by atoms with Crippen LogP contribution in [-0.2, 0) is 25.8 Å². The highest BCUT2D eigenvalue weighted by Crippen LogP contribution is 2.16. The van der Waals surface area contributed by atoms with Crippen molar-refractivity contribution < 1.29 is 23.1 Å². The van der Waals surface area contributed by atoms with E-state index in [2.05, 4.69) is 5.32 Å². The number of hydrogen-bond acceptors (Lipinski definition) is 4. The van der Waals surface area contributed by atoms with Crippen LogP contribution in [0.15, 0.2) is 24.3 Å². The Morgan fingerprint density at radius 2 is 1.89 bits per heavy atom. The monoisotopic (exact) mass is 285 g/mol. The Morgan fingerprint density at radius 3 is 2.42 bits per heavy atom. The number of aliphatic carboxylic acids is 1. The standard InChI is InChI=1S/C12H15NO5S/c1-8(19(2,17)18)12(16)13-10-6-4-3-5-9(10)7-11(14)15/h3-6,8H,7H2,1-2H3,(H,13,16)(H,14,15). The molecule has 1 atom stereocenters. The fraction of sp³-hybridized carbons (Fsp3) is 0.333. The molecule has 1 unspecified atom stereocenters. The summed E-state index contributed by atoms with van der Waals surface area (Å²) in [6, 6.07) is 6.38. The van der Waals surface area contributed by atoms with Gasteiger partial charge in [0.05, 0.1) is 6.42 Å². The van der Waals surface area contributed by atoms with E-state index in [1.807, 2.05) is 0 Å². The van der Waals surface area contributed by atoms with Gasteiger partial charge in [-0.1, -0.05) is 18.2 Å². The zero-order valence-electron chi connectivity index (χ0n) is 10.6. The van der Waals surface area contributed by atoms with Gasteiger partial charge in [0.1, 0.15) is 5.25 Å². The molecule has 0 aliphatic rings. The molecular weight excluding hydrogens is 270 g/mol. The fourth-order valence-corrected chi connectivity index (χ4v) is 1.84. The van der Waals surface area contributed by atoms with Crippen molar-refractivity contribution in [2.24, 2.45) is 0 Å². The van der Waals surface area contributed by atoms with Crippen molar-refractivity contribution >= 4 is 27.4 Å². The van der Waals surface area contributed by atoms with Gasteiger partial charge < -0.3 is 10.4 Å². The molecule has 0 bridgehead atoms. The van der Waals surface area contributed by atoms with Crippen molar-refractivity contribution in [2.45, 2.75) is 18.6 Å². The quantitative estimate of drug-likeness (QED) is 0.828. The summed E-state index contributed by atoms with van der Waals surface area (Å²) in [6.07, 6.45) is 0.726. The molecule has 7 heteroatoms. The largest absolute Gasteiger partial charge is 0.481 e. The van der Waals surface area contributed by atoms with Gasteiger partial charge in [-0.25, -0.2) is 8.42 Å². The Kier molecular flexibility index (Phi) is 4.66. The summed E-state index contributed by atoms with van der Waals surface area (Å²) in [5, 5.41) is 10.0. The molecule has 0 saturated heterocycles. The van der Waals surface area contributed by atoms with Crippen LogP contribution in [0.4, 0.5) is 5.69 Å². The summed E-state index contributed by atoms with van der Waals surface area (Å²) in [5.74, 6) is -1.71. The van der Waals surface area contributed by atoms with Crippen LogP contribution in [0.1, 0.15) is 12.5 Å². The van der Waals surface area contributed by atoms with E-state index in [1.165, 1.54) is 13.0 Å². The van der Waals surface area contributed by atoms with Gasteiger partial charge in [-0.2, -0.15) is 0 Å². The zero-order chi connectivity index (χ0) is 14.6. The van der Waals surface area contributed by atoms with E-state index in [1.54, 1.807) is 18.2 Å². The molecule has 6 nitrogen and oxygen atoms in total. The molecule has 0 aliphatic heterocycles. The van der Waals surface area contributed by atoms with Gasteiger partial charge in [0.25, 0.3) is 0 Å². The Labute approximate surface area is 111 Å². The minimum absolute atomic E-state index is 0.246. The van der Waals surface area contributed by atoms with Gasteiger partial charge in [-0.3, -0.25) is 9.59 Å². The van der Waals surface area contributed by atoms with Crippen LogP contribution in [0.5, 0.6) is 0 Å². The maximum atomic E-state index is 11.8. The van der Waals surface area contributed by atoms with Gasteiger partial charge in [0, 0.05) is 11.9 Å². The number of para-hydroxylation sites is 1. The van der Waals surface area contributed by atoms with Crippen molar-refractivity contribution in [1.29, 1.82) is 0 Å². The van der Waals surface area contributed by atoms with Crippen molar-refractivity contribution in [1.82, 2.24) is 0 Å². The van der Waals surface area contributed by atoms with Crippen LogP contribution in [0.3, 0.4) is 0 Å². The molecule has 0 radical (unpaired) electrons. The van der Waals surface area contributed by atoms with Crippen LogP contribution < -0.4 is 5.32 Å². The van der Waals surface area contributed by atoms with Crippen molar-refractivity contribution in [3.05, 3.63) is 29.8 Å². The Morgan fingerprint density at radius 1 is 1.32 bits per heavy atom. The second kappa shape index (κ2) is 5.83. The average Bonchev–Trinajstić information content (AvgIpc) is 2.28. The lowest BCUT2D eigenvalue weighted by Crippen LogP contribution is -2.32. The van der Waals surface area contributed by atoms with Gasteiger partial charge in [0.15, 0.2) is 9.84 Å². The Balaban J connectivity index is 2.94. The van der Waals surface area contributed by atoms with Crippen LogP contribution in [0.25, 0.3) is 0 Å². The maximum Gasteiger partial charge on any atom is 0.307 e. The van der Waals surface area contributed by atoms with Crippen LogP contribution in [-0.4, -0.2) is 36.9 Å². The zero-order valence-corrected chi connectivity index (χ0v) is 11.4. The van der Waals surface area contributed by atoms with Crippen LogP contribution in [0.2, 0.25) is 0 Å². The first-order valence-corrected chi connectivity index (χ1v) is 7.46. The highest BCUT2D eigenvalue weighted by molar-refractivity contribution is 7.92. The molecular formula is C12H15NO5S. The third-order valence-corrected chi connectivity index (χ3v) is 4.13. The van der Waals surface area contributed by atoms with Gasteiger partial charge in [-0.15, -0.1) is 0 Å². The van der Waals surface area contributed by atoms with E-state index in [-0.39, 0.29) is 6.42 Å². The van der Waals surface area contributed by atoms with E-state index in [0.29, 0.717) is 11.3 Å². The SMILES string of the molecule is CC(C(=O)Nc1ccccc1CC(=O)O)S(C)(=O)=O. The second-order valence-corrected chi connectivity index (χ2v) is 6.55. The number of benzene rings is 1. The number of hydrogen-bond donors (Lipinski definition) is 2. The molecule has 1 aromatic carbocycles. The highest BCUT2D eigenvalue weighted by Gasteiger charge is 2.24. The predicted molar refractivity (Wildman–Crippen MR) is 70.7 cm³/mol. The Bertz CT molecular complexity index is 594. The summed E-state index contributed by atoms with van der Waals surface area (Å²) >= 11 is 0. The minimum Gasteiger partial charge on any atom is -0.481 e. The van der Waals surface area contributed by atoms with E-state index in [9.17, 15) is 18.0 Å². The summed E-state index contributed by atoms with van der Waals surface area (Å²) in [5.41, 5.74) is 0.731. The molecule has 0 aliphatic carbocycles. The number of carbonyl (C=O) groups excluding carboxylic acids is 1. The molecule has 2 N–H and O–H groups in total. The number of nitrogens with one attached hydrogen (secondary N) is 1. The molecule has 1 rings (SSSR count). The smallest absolute Gasteiger partial charge is 0.307 e. The van der Waals surface area contributed by atoms with Gasteiger partial charge in [0.2, 0.25) is 5.91 Å². The number of sulfone groups is 1. The molecule has 0 spiro atoms. The summed E-state index contributed by atoms with van der Waals surface area (Å²) in [6.45, 7) is 1.28. The average molecular weight is 285 g/mol. The molecule has 0 fully saturated rings. The molecule has 0 saturated carbocycles. The lowest BCUT2D eigenvalue weighted by molar-refractivity contribution is -0.136. The molecule has 19 heavy (non-hydrogen) atoms. The molecule has 104 valence electrons. The molecule has 0 heterocycles. The minimum atomic E-state index is -3.49. The topological polar surface area (TPSA) is 101 Å². The van der Waals surface area contributed by atoms with Gasteiger partial charge >= 0.3 is 5.97 Å². The number of anilines is 1. The summed E-state index contributed by atoms with van der Waals surface area (Å²) in [4.78, 5) is 22.5. The highest BCUT2D eigenvalue weighted by atomic mass is 32.2. The lowest BCUT2D eigenvalue weighted by atomic mass is 10.1. The normalized spacial score (nSPS) is 12.7. The van der Waals surface area contributed by atoms with E-state index in [4.69, 9.17) is 5.11 Å². The summed E-state index contributed by atoms with van der Waals surface area (Å²) < 4.78 is 22.5. The number of amides is 1. The van der Waals surface area contributed by atoms with Crippen molar-refractivity contribution in [3.63, 3.8) is 0 Å². The first kappa shape index (κ1) is 15.2. The predicted octanol–water partition coefficient (Wildman–Crippen LogP) is 0.685. The number of carboxylic acids is 1. The molecule has 1 amide bonds. The van der Waals surface area contributed by atoms with Gasteiger partial charge in [-0.05, 0) is 18.6 Å². The molecule has 0 aromatic heterocycles. The Hall–Kier alpha value is -1.89. The van der Waals surface area contributed by atoms with Crippen LogP contribution >= 0.6 is 0 Å². The number of carbonyl (C=O) groups is 2. The van der Waals surface area contributed by atoms with Crippen molar-refractivity contribution in [2.75, 3.05) is 11.6 Å². The van der Waals surface area contributed by atoms with E-state index < -0.39 is 27.0 Å². The van der Waals surface area contributed by atoms with E-state index in [0.717, 1.165) is 6.26 Å². The maximum absolute atomic E-state index is 11.8. The van der Waals surface area contributed by atoms with Crippen molar-refractivity contribution in [3.8, 4) is 0 Å². The number of rotatable bonds is 5. The first-order valence-electron chi connectivity index (χ1n) is 5.51. The summed E-state index contributed by atoms with van der Waals surface area (Å²) in [7, 11) is -3.49. The second-order valence-electron chi connectivity index (χ2n) is 4.19. The fourth-order valence-electron chi connectivity index (χ4n) is 1.39. The third kappa shape index (κ3) is 4.36. The first-order chi connectivity index (χ1) is 8.71. The van der Waals surface area contributed by atoms with Crippen LogP contribution in [0, 0.1) is 0 Å². The number of carboxylic acid groups (broad SMARTS) is 1.